The Balaban J connectivity index is 1.99. The van der Waals surface area contributed by atoms with Gasteiger partial charge < -0.3 is 5.11 Å². The van der Waals surface area contributed by atoms with E-state index < -0.39 is 6.10 Å². The summed E-state index contributed by atoms with van der Waals surface area (Å²) < 4.78 is 0. The molecule has 0 fully saturated rings. The number of benzene rings is 1. The molecule has 1 aliphatic heterocycles. The number of aliphatic hydroxyl groups is 1. The van der Waals surface area contributed by atoms with Gasteiger partial charge in [-0.15, -0.1) is 0 Å². The topological polar surface area (TPSA) is 52.9 Å². The van der Waals surface area contributed by atoms with Gasteiger partial charge in [-0.05, 0) is 49.4 Å². The number of carbonyl (C=O) groups excluding carboxylic acids is 1. The summed E-state index contributed by atoms with van der Waals surface area (Å²) in [5, 5.41) is 15.7. The maximum absolute atomic E-state index is 11.8. The van der Waals surface area contributed by atoms with Crippen molar-refractivity contribution in [3.8, 4) is 0 Å². The second-order valence-electron chi connectivity index (χ2n) is 5.01. The minimum atomic E-state index is -0.406. The van der Waals surface area contributed by atoms with Crippen molar-refractivity contribution in [3.05, 3.63) is 29.3 Å². The van der Waals surface area contributed by atoms with Crippen LogP contribution in [0.2, 0.25) is 0 Å². The molecule has 1 aromatic carbocycles. The van der Waals surface area contributed by atoms with Crippen molar-refractivity contribution in [2.24, 2.45) is 5.10 Å². The van der Waals surface area contributed by atoms with Crippen LogP contribution in [0.3, 0.4) is 0 Å². The summed E-state index contributed by atoms with van der Waals surface area (Å²) in [4.78, 5) is 11.8. The van der Waals surface area contributed by atoms with Crippen LogP contribution in [0, 0.1) is 0 Å². The van der Waals surface area contributed by atoms with Crippen LogP contribution in [0.25, 0.3) is 0 Å². The van der Waals surface area contributed by atoms with Gasteiger partial charge in [0.1, 0.15) is 0 Å². The molecular weight excluding hydrogens is 228 g/mol. The van der Waals surface area contributed by atoms with Crippen LogP contribution < -0.4 is 5.01 Å². The van der Waals surface area contributed by atoms with Crippen molar-refractivity contribution in [2.75, 3.05) is 5.01 Å². The number of anilines is 1. The molecule has 18 heavy (non-hydrogen) atoms. The Morgan fingerprint density at radius 3 is 3.00 bits per heavy atom. The molecule has 0 radical (unpaired) electrons. The van der Waals surface area contributed by atoms with Gasteiger partial charge in [0.2, 0.25) is 0 Å². The molecule has 0 aromatic heterocycles. The lowest BCUT2D eigenvalue weighted by Gasteiger charge is -2.23. The SMILES string of the molecule is CC1=NN(c2ccc3c(c2)C(O)CCC3)C(=O)C1. The maximum atomic E-state index is 11.8. The van der Waals surface area contributed by atoms with Gasteiger partial charge in [-0.2, -0.15) is 5.10 Å². The Labute approximate surface area is 106 Å². The summed E-state index contributed by atoms with van der Waals surface area (Å²) >= 11 is 0. The van der Waals surface area contributed by atoms with E-state index in [2.05, 4.69) is 5.10 Å². The molecule has 1 atom stereocenters. The standard InChI is InChI=1S/C14H16N2O2/c1-9-7-14(18)16(15-9)11-6-5-10-3-2-4-13(17)12(10)8-11/h5-6,8,13,17H,2-4,7H2,1H3. The highest BCUT2D eigenvalue weighted by Crippen LogP contribution is 2.33. The summed E-state index contributed by atoms with van der Waals surface area (Å²) in [5.74, 6) is -0.00208. The Bertz CT molecular complexity index is 537. The van der Waals surface area contributed by atoms with Crippen LogP contribution in [0.15, 0.2) is 23.3 Å². The lowest BCUT2D eigenvalue weighted by Crippen LogP contribution is -2.20. The third-order valence-corrected chi connectivity index (χ3v) is 3.57. The van der Waals surface area contributed by atoms with E-state index in [1.165, 1.54) is 10.6 Å². The highest BCUT2D eigenvalue weighted by Gasteiger charge is 2.25. The summed E-state index contributed by atoms with van der Waals surface area (Å²) in [6.07, 6.45) is 2.80. The van der Waals surface area contributed by atoms with Crippen molar-refractivity contribution in [3.63, 3.8) is 0 Å². The van der Waals surface area contributed by atoms with Crippen LogP contribution in [-0.4, -0.2) is 16.7 Å². The molecular formula is C14H16N2O2. The van der Waals surface area contributed by atoms with Crippen molar-refractivity contribution >= 4 is 17.3 Å². The summed E-state index contributed by atoms with van der Waals surface area (Å²) in [6, 6.07) is 5.82. The number of rotatable bonds is 1. The maximum Gasteiger partial charge on any atom is 0.253 e. The van der Waals surface area contributed by atoms with E-state index in [9.17, 15) is 9.90 Å². The van der Waals surface area contributed by atoms with Gasteiger partial charge in [-0.3, -0.25) is 4.79 Å². The number of aliphatic hydroxyl groups excluding tert-OH is 1. The normalized spacial score (nSPS) is 23.0. The molecule has 3 rings (SSSR count). The minimum absolute atomic E-state index is 0.00208. The molecule has 0 spiro atoms. The highest BCUT2D eigenvalue weighted by molar-refractivity contribution is 6.12. The molecule has 0 saturated carbocycles. The van der Waals surface area contributed by atoms with Crippen molar-refractivity contribution in [1.29, 1.82) is 0 Å². The van der Waals surface area contributed by atoms with Gasteiger partial charge in [0, 0.05) is 5.71 Å². The van der Waals surface area contributed by atoms with Gasteiger partial charge in [0.05, 0.1) is 18.2 Å². The zero-order valence-corrected chi connectivity index (χ0v) is 10.4. The van der Waals surface area contributed by atoms with Crippen LogP contribution in [-0.2, 0) is 11.2 Å². The molecule has 1 heterocycles. The van der Waals surface area contributed by atoms with Gasteiger partial charge in [-0.25, -0.2) is 5.01 Å². The third-order valence-electron chi connectivity index (χ3n) is 3.57. The highest BCUT2D eigenvalue weighted by atomic mass is 16.3. The number of carbonyl (C=O) groups is 1. The van der Waals surface area contributed by atoms with Crippen molar-refractivity contribution < 1.29 is 9.90 Å². The van der Waals surface area contributed by atoms with E-state index >= 15 is 0 Å². The largest absolute Gasteiger partial charge is 0.388 e. The fourth-order valence-corrected chi connectivity index (χ4v) is 2.65. The van der Waals surface area contributed by atoms with Gasteiger partial charge in [0.25, 0.3) is 5.91 Å². The van der Waals surface area contributed by atoms with E-state index in [4.69, 9.17) is 0 Å². The minimum Gasteiger partial charge on any atom is -0.388 e. The summed E-state index contributed by atoms with van der Waals surface area (Å²) in [5.41, 5.74) is 3.73. The van der Waals surface area contributed by atoms with Crippen LogP contribution >= 0.6 is 0 Å². The van der Waals surface area contributed by atoms with Crippen molar-refractivity contribution in [2.45, 2.75) is 38.7 Å². The molecule has 94 valence electrons. The van der Waals surface area contributed by atoms with E-state index in [0.29, 0.717) is 6.42 Å². The Kier molecular flexibility index (Phi) is 2.67. The predicted molar refractivity (Wildman–Crippen MR) is 69.6 cm³/mol. The Morgan fingerprint density at radius 1 is 1.44 bits per heavy atom. The number of hydrazone groups is 1. The lowest BCUT2D eigenvalue weighted by atomic mass is 9.89. The first-order chi connectivity index (χ1) is 8.65. The third kappa shape index (κ3) is 1.82. The smallest absolute Gasteiger partial charge is 0.253 e. The molecule has 1 unspecified atom stereocenters. The van der Waals surface area contributed by atoms with E-state index in [1.807, 2.05) is 25.1 Å². The first-order valence-corrected chi connectivity index (χ1v) is 6.33. The molecule has 4 heteroatoms. The van der Waals surface area contributed by atoms with Gasteiger partial charge in [-0.1, -0.05) is 6.07 Å². The van der Waals surface area contributed by atoms with Crippen LogP contribution in [0.4, 0.5) is 5.69 Å². The second-order valence-corrected chi connectivity index (χ2v) is 5.01. The Hall–Kier alpha value is -1.68. The Morgan fingerprint density at radius 2 is 2.28 bits per heavy atom. The summed E-state index contributed by atoms with van der Waals surface area (Å²) in [6.45, 7) is 1.85. The number of fused-ring (bicyclic) bond motifs is 1. The molecule has 1 aliphatic carbocycles. The first kappa shape index (κ1) is 11.4. The molecule has 1 aromatic rings. The van der Waals surface area contributed by atoms with E-state index in [1.54, 1.807) is 0 Å². The molecule has 4 nitrogen and oxygen atoms in total. The first-order valence-electron chi connectivity index (χ1n) is 6.33. The van der Waals surface area contributed by atoms with Gasteiger partial charge >= 0.3 is 0 Å². The zero-order chi connectivity index (χ0) is 12.7. The van der Waals surface area contributed by atoms with Gasteiger partial charge in [0.15, 0.2) is 0 Å². The average Bonchev–Trinajstić information content (AvgIpc) is 2.69. The van der Waals surface area contributed by atoms with E-state index in [-0.39, 0.29) is 5.91 Å². The number of nitrogens with zero attached hydrogens (tertiary/aromatic N) is 2. The molecule has 0 bridgehead atoms. The predicted octanol–water partition coefficient (Wildman–Crippen LogP) is 2.17. The zero-order valence-electron chi connectivity index (χ0n) is 10.4. The fourth-order valence-electron chi connectivity index (χ4n) is 2.65. The lowest BCUT2D eigenvalue weighted by molar-refractivity contribution is -0.116. The number of hydrogen-bond acceptors (Lipinski definition) is 3. The molecule has 2 aliphatic rings. The van der Waals surface area contributed by atoms with Crippen molar-refractivity contribution in [1.82, 2.24) is 0 Å². The molecule has 0 saturated heterocycles. The summed E-state index contributed by atoms with van der Waals surface area (Å²) in [7, 11) is 0. The average molecular weight is 244 g/mol. The van der Waals surface area contributed by atoms with Crippen LogP contribution in [0.5, 0.6) is 0 Å². The monoisotopic (exact) mass is 244 g/mol. The fraction of sp³-hybridized carbons (Fsp3) is 0.429. The number of amides is 1. The quantitative estimate of drug-likeness (QED) is 0.823. The number of hydrogen-bond donors (Lipinski definition) is 1. The second kappa shape index (κ2) is 4.21. The molecule has 1 amide bonds. The van der Waals surface area contributed by atoms with Crippen LogP contribution in [0.1, 0.15) is 43.4 Å². The number of aryl methyl sites for hydroxylation is 1. The van der Waals surface area contributed by atoms with E-state index in [0.717, 1.165) is 36.2 Å². The molecule has 1 N–H and O–H groups in total.